The molecule has 0 spiro atoms. The van der Waals surface area contributed by atoms with Crippen LogP contribution >= 0.6 is 23.2 Å². The van der Waals surface area contributed by atoms with Gasteiger partial charge in [-0.15, -0.1) is 0 Å². The predicted octanol–water partition coefficient (Wildman–Crippen LogP) is 5.65. The minimum Gasteiger partial charge on any atom is -0.355 e. The average molecular weight is 489 g/mol. The molecule has 0 radical (unpaired) electrons. The molecule has 1 N–H and O–H groups in total. The van der Waals surface area contributed by atoms with Crippen molar-refractivity contribution >= 4 is 46.5 Å². The Balaban J connectivity index is 1.45. The van der Waals surface area contributed by atoms with Gasteiger partial charge in [-0.05, 0) is 70.2 Å². The van der Waals surface area contributed by atoms with E-state index in [1.165, 1.54) is 6.42 Å². The van der Waals surface area contributed by atoms with Crippen LogP contribution in [0, 0.1) is 5.92 Å². The Hall–Kier alpha value is -2.31. The van der Waals surface area contributed by atoms with Crippen molar-refractivity contribution in [2.75, 3.05) is 23.3 Å². The summed E-state index contributed by atoms with van der Waals surface area (Å²) in [5.41, 5.74) is 1.01. The zero-order valence-electron chi connectivity index (χ0n) is 19.1. The maximum absolute atomic E-state index is 13.3. The van der Waals surface area contributed by atoms with Gasteiger partial charge >= 0.3 is 0 Å². The first-order valence-corrected chi connectivity index (χ1v) is 12.4. The number of benzene rings is 1. The van der Waals surface area contributed by atoms with E-state index in [2.05, 4.69) is 33.9 Å². The lowest BCUT2D eigenvalue weighted by atomic mass is 9.90. The van der Waals surface area contributed by atoms with E-state index in [0.717, 1.165) is 25.7 Å². The van der Waals surface area contributed by atoms with E-state index in [9.17, 15) is 9.59 Å². The maximum Gasteiger partial charge on any atom is 0.255 e. The fraction of sp³-hybridized carbons (Fsp3) is 0.480. The summed E-state index contributed by atoms with van der Waals surface area (Å²) in [6.07, 6.45) is 6.47. The highest BCUT2D eigenvalue weighted by Crippen LogP contribution is 2.33. The van der Waals surface area contributed by atoms with E-state index in [0.29, 0.717) is 52.3 Å². The molecular formula is C25H30Cl2N4O2. The Morgan fingerprint density at radius 1 is 1.00 bits per heavy atom. The minimum atomic E-state index is -0.277. The summed E-state index contributed by atoms with van der Waals surface area (Å²) >= 11 is 12.2. The van der Waals surface area contributed by atoms with Crippen LogP contribution in [0.4, 0.5) is 11.5 Å². The zero-order valence-corrected chi connectivity index (χ0v) is 20.6. The largest absolute Gasteiger partial charge is 0.355 e. The van der Waals surface area contributed by atoms with Crippen LogP contribution in [0.1, 0.15) is 56.3 Å². The number of carbonyl (C=O) groups excluding carboxylic acids is 2. The van der Waals surface area contributed by atoms with Gasteiger partial charge in [0.15, 0.2) is 5.82 Å². The highest BCUT2D eigenvalue weighted by Gasteiger charge is 2.35. The first kappa shape index (κ1) is 23.8. The Morgan fingerprint density at radius 2 is 1.70 bits per heavy atom. The lowest BCUT2D eigenvalue weighted by molar-refractivity contribution is -0.142. The van der Waals surface area contributed by atoms with Gasteiger partial charge < -0.3 is 15.1 Å². The Bertz CT molecular complexity index is 1010. The normalized spacial score (nSPS) is 21.7. The van der Waals surface area contributed by atoms with Crippen molar-refractivity contribution in [3.05, 3.63) is 52.1 Å². The zero-order chi connectivity index (χ0) is 23.5. The van der Waals surface area contributed by atoms with Crippen LogP contribution in [0.25, 0.3) is 0 Å². The molecule has 176 valence electrons. The number of halogens is 2. The molecule has 1 aromatic heterocycles. The number of carbonyl (C=O) groups is 2. The third-order valence-corrected chi connectivity index (χ3v) is 7.20. The van der Waals surface area contributed by atoms with E-state index in [4.69, 9.17) is 23.2 Å². The highest BCUT2D eigenvalue weighted by atomic mass is 35.5. The molecule has 2 aliphatic rings. The first-order chi connectivity index (χ1) is 15.8. The van der Waals surface area contributed by atoms with Crippen molar-refractivity contribution in [1.82, 2.24) is 9.88 Å². The van der Waals surface area contributed by atoms with Gasteiger partial charge in [-0.2, -0.15) is 0 Å². The Labute approximate surface area is 205 Å². The fourth-order valence-electron chi connectivity index (χ4n) is 5.00. The standard InChI is InChI=1S/C25H30Cl2N4O2/c1-16-5-3-6-17(2)31(16)25(33)18-9-11-30(12-10-18)23-22(14-21(27)15-28-23)29-24(32)19-7-4-8-20(26)13-19/h4,7-8,13-18H,3,5-6,9-12H2,1-2H3,(H,29,32). The molecule has 2 amide bonds. The second kappa shape index (κ2) is 10.3. The molecule has 33 heavy (non-hydrogen) atoms. The molecule has 0 saturated carbocycles. The molecule has 0 aliphatic carbocycles. The van der Waals surface area contributed by atoms with E-state index < -0.39 is 0 Å². The summed E-state index contributed by atoms with van der Waals surface area (Å²) in [6.45, 7) is 5.72. The molecule has 2 saturated heterocycles. The third kappa shape index (κ3) is 5.44. The summed E-state index contributed by atoms with van der Waals surface area (Å²) in [4.78, 5) is 34.8. The van der Waals surface area contributed by atoms with Crippen LogP contribution in [0.3, 0.4) is 0 Å². The molecule has 2 aromatic rings. The maximum atomic E-state index is 13.3. The smallest absolute Gasteiger partial charge is 0.255 e. The van der Waals surface area contributed by atoms with E-state index in [-0.39, 0.29) is 17.7 Å². The summed E-state index contributed by atoms with van der Waals surface area (Å²) in [5.74, 6) is 0.704. The molecular weight excluding hydrogens is 459 g/mol. The molecule has 2 aliphatic heterocycles. The van der Waals surface area contributed by atoms with Crippen molar-refractivity contribution < 1.29 is 9.59 Å². The molecule has 2 fully saturated rings. The van der Waals surface area contributed by atoms with Gasteiger partial charge in [-0.1, -0.05) is 29.3 Å². The van der Waals surface area contributed by atoms with E-state index >= 15 is 0 Å². The van der Waals surface area contributed by atoms with Crippen molar-refractivity contribution in [3.63, 3.8) is 0 Å². The van der Waals surface area contributed by atoms with Gasteiger partial charge in [-0.3, -0.25) is 9.59 Å². The number of hydrogen-bond donors (Lipinski definition) is 1. The fourth-order valence-corrected chi connectivity index (χ4v) is 5.35. The topological polar surface area (TPSA) is 65.5 Å². The molecule has 2 atom stereocenters. The van der Waals surface area contributed by atoms with Gasteiger partial charge in [0.05, 0.1) is 10.7 Å². The van der Waals surface area contributed by atoms with Crippen molar-refractivity contribution in [2.24, 2.45) is 5.92 Å². The van der Waals surface area contributed by atoms with Gasteiger partial charge in [0.2, 0.25) is 5.91 Å². The molecule has 6 nitrogen and oxygen atoms in total. The lowest BCUT2D eigenvalue weighted by Gasteiger charge is -2.42. The van der Waals surface area contributed by atoms with Gasteiger partial charge in [0.25, 0.3) is 5.91 Å². The first-order valence-electron chi connectivity index (χ1n) is 11.6. The minimum absolute atomic E-state index is 0.0288. The number of piperidine rings is 2. The van der Waals surface area contributed by atoms with Gasteiger partial charge in [0, 0.05) is 47.9 Å². The number of nitrogens with one attached hydrogen (secondary N) is 1. The second-order valence-corrected chi connectivity index (χ2v) is 10.00. The summed E-state index contributed by atoms with van der Waals surface area (Å²) in [7, 11) is 0. The molecule has 0 bridgehead atoms. The number of nitrogens with zero attached hydrogens (tertiary/aromatic N) is 3. The third-order valence-electron chi connectivity index (χ3n) is 6.76. The SMILES string of the molecule is CC1CCCC(C)N1C(=O)C1CCN(c2ncc(Cl)cc2NC(=O)c2cccc(Cl)c2)CC1. The molecule has 2 unspecified atom stereocenters. The number of amides is 2. The van der Waals surface area contributed by atoms with E-state index in [1.54, 1.807) is 36.5 Å². The van der Waals surface area contributed by atoms with Crippen LogP contribution in [0.15, 0.2) is 36.5 Å². The van der Waals surface area contributed by atoms with Crippen LogP contribution in [-0.2, 0) is 4.79 Å². The van der Waals surface area contributed by atoms with Crippen molar-refractivity contribution in [1.29, 1.82) is 0 Å². The monoisotopic (exact) mass is 488 g/mol. The van der Waals surface area contributed by atoms with Gasteiger partial charge in [0.1, 0.15) is 0 Å². The number of pyridine rings is 1. The highest BCUT2D eigenvalue weighted by molar-refractivity contribution is 6.31. The number of likely N-dealkylation sites (tertiary alicyclic amines) is 1. The molecule has 3 heterocycles. The summed E-state index contributed by atoms with van der Waals surface area (Å²) in [6, 6.07) is 9.12. The Morgan fingerprint density at radius 3 is 2.36 bits per heavy atom. The predicted molar refractivity (Wildman–Crippen MR) is 133 cm³/mol. The van der Waals surface area contributed by atoms with Crippen LogP contribution in [0.2, 0.25) is 10.0 Å². The average Bonchev–Trinajstić information content (AvgIpc) is 2.79. The second-order valence-electron chi connectivity index (χ2n) is 9.12. The quantitative estimate of drug-likeness (QED) is 0.603. The summed E-state index contributed by atoms with van der Waals surface area (Å²) in [5, 5.41) is 3.87. The number of hydrogen-bond acceptors (Lipinski definition) is 4. The number of aromatic nitrogens is 1. The Kier molecular flexibility index (Phi) is 7.45. The van der Waals surface area contributed by atoms with Crippen LogP contribution < -0.4 is 10.2 Å². The van der Waals surface area contributed by atoms with Crippen molar-refractivity contribution in [3.8, 4) is 0 Å². The van der Waals surface area contributed by atoms with E-state index in [1.807, 2.05) is 0 Å². The van der Waals surface area contributed by atoms with Crippen molar-refractivity contribution in [2.45, 2.75) is 58.0 Å². The molecule has 1 aromatic carbocycles. The number of rotatable bonds is 4. The molecule has 8 heteroatoms. The van der Waals surface area contributed by atoms with Crippen LogP contribution in [0.5, 0.6) is 0 Å². The number of anilines is 2. The van der Waals surface area contributed by atoms with Gasteiger partial charge in [-0.25, -0.2) is 4.98 Å². The lowest BCUT2D eigenvalue weighted by Crippen LogP contribution is -2.51. The molecule has 4 rings (SSSR count). The van der Waals surface area contributed by atoms with Crippen LogP contribution in [-0.4, -0.2) is 46.9 Å². The summed E-state index contributed by atoms with van der Waals surface area (Å²) < 4.78 is 0.